The van der Waals surface area contributed by atoms with Gasteiger partial charge in [-0.1, -0.05) is 11.6 Å². The van der Waals surface area contributed by atoms with Crippen molar-refractivity contribution in [1.82, 2.24) is 14.8 Å². The smallest absolute Gasteiger partial charge is 0.216 e. The van der Waals surface area contributed by atoms with Crippen LogP contribution in [-0.2, 0) is 7.05 Å². The van der Waals surface area contributed by atoms with Gasteiger partial charge in [-0.15, -0.1) is 0 Å². The normalized spacial score (nSPS) is 10.6. The molecule has 0 fully saturated rings. The SMILES string of the molecule is Cn1[nH]c(-c2ccc(F)c(Cl)c2)nc1=S. The Bertz CT molecular complexity index is 561. The molecule has 1 aromatic carbocycles. The molecule has 0 atom stereocenters. The van der Waals surface area contributed by atoms with E-state index in [-0.39, 0.29) is 5.02 Å². The third-order valence-corrected chi connectivity index (χ3v) is 2.62. The van der Waals surface area contributed by atoms with Gasteiger partial charge in [0.25, 0.3) is 0 Å². The van der Waals surface area contributed by atoms with Crippen LogP contribution in [0.5, 0.6) is 0 Å². The van der Waals surface area contributed by atoms with Crippen LogP contribution in [0.3, 0.4) is 0 Å². The predicted octanol–water partition coefficient (Wildman–Crippen LogP) is 2.94. The quantitative estimate of drug-likeness (QED) is 0.782. The average molecular weight is 244 g/mol. The summed E-state index contributed by atoms with van der Waals surface area (Å²) in [6.07, 6.45) is 0. The molecule has 1 heterocycles. The molecule has 0 radical (unpaired) electrons. The van der Waals surface area contributed by atoms with E-state index in [1.165, 1.54) is 12.1 Å². The zero-order chi connectivity index (χ0) is 11.0. The summed E-state index contributed by atoms with van der Waals surface area (Å²) < 4.78 is 14.9. The summed E-state index contributed by atoms with van der Waals surface area (Å²) in [5.41, 5.74) is 0.702. The molecule has 78 valence electrons. The van der Waals surface area contributed by atoms with E-state index in [9.17, 15) is 4.39 Å². The maximum absolute atomic E-state index is 12.9. The molecule has 2 rings (SSSR count). The summed E-state index contributed by atoms with van der Waals surface area (Å²) in [7, 11) is 1.75. The number of benzene rings is 1. The van der Waals surface area contributed by atoms with Gasteiger partial charge in [0, 0.05) is 12.6 Å². The second-order valence-electron chi connectivity index (χ2n) is 3.04. The second kappa shape index (κ2) is 3.75. The Morgan fingerprint density at radius 1 is 1.53 bits per heavy atom. The Labute approximate surface area is 95.5 Å². The van der Waals surface area contributed by atoms with Gasteiger partial charge in [0.05, 0.1) is 5.02 Å². The van der Waals surface area contributed by atoms with Crippen LogP contribution in [0.4, 0.5) is 4.39 Å². The highest BCUT2D eigenvalue weighted by atomic mass is 35.5. The van der Waals surface area contributed by atoms with Crippen LogP contribution in [0.1, 0.15) is 0 Å². The zero-order valence-corrected chi connectivity index (χ0v) is 9.36. The van der Waals surface area contributed by atoms with Gasteiger partial charge in [-0.3, -0.25) is 9.78 Å². The first kappa shape index (κ1) is 10.3. The number of aromatic amines is 1. The fraction of sp³-hybridized carbons (Fsp3) is 0.111. The number of aryl methyl sites for hydroxylation is 1. The molecule has 1 aromatic heterocycles. The Morgan fingerprint density at radius 3 is 2.80 bits per heavy atom. The monoisotopic (exact) mass is 243 g/mol. The highest BCUT2D eigenvalue weighted by molar-refractivity contribution is 7.71. The van der Waals surface area contributed by atoms with Crippen molar-refractivity contribution in [3.8, 4) is 11.4 Å². The van der Waals surface area contributed by atoms with Crippen LogP contribution in [0, 0.1) is 10.6 Å². The van der Waals surface area contributed by atoms with Crippen molar-refractivity contribution in [2.24, 2.45) is 7.05 Å². The summed E-state index contributed by atoms with van der Waals surface area (Å²) >= 11 is 10.6. The van der Waals surface area contributed by atoms with Crippen molar-refractivity contribution in [3.63, 3.8) is 0 Å². The van der Waals surface area contributed by atoms with E-state index in [4.69, 9.17) is 23.8 Å². The third-order valence-electron chi connectivity index (χ3n) is 1.96. The first-order valence-electron chi connectivity index (χ1n) is 4.16. The maximum atomic E-state index is 12.9. The van der Waals surface area contributed by atoms with Gasteiger partial charge < -0.3 is 0 Å². The number of aromatic nitrogens is 3. The maximum Gasteiger partial charge on any atom is 0.216 e. The molecule has 0 unspecified atom stereocenters. The van der Waals surface area contributed by atoms with Crippen molar-refractivity contribution in [2.45, 2.75) is 0 Å². The van der Waals surface area contributed by atoms with Gasteiger partial charge in [0.15, 0.2) is 5.82 Å². The topological polar surface area (TPSA) is 33.6 Å². The van der Waals surface area contributed by atoms with E-state index in [0.29, 0.717) is 16.2 Å². The highest BCUT2D eigenvalue weighted by Gasteiger charge is 2.06. The lowest BCUT2D eigenvalue weighted by Crippen LogP contribution is -1.89. The molecule has 2 aromatic rings. The van der Waals surface area contributed by atoms with Crippen molar-refractivity contribution in [1.29, 1.82) is 0 Å². The van der Waals surface area contributed by atoms with Crippen LogP contribution in [-0.4, -0.2) is 14.8 Å². The van der Waals surface area contributed by atoms with Crippen molar-refractivity contribution in [2.75, 3.05) is 0 Å². The number of nitrogens with zero attached hydrogens (tertiary/aromatic N) is 2. The highest BCUT2D eigenvalue weighted by Crippen LogP contribution is 2.22. The van der Waals surface area contributed by atoms with Crippen LogP contribution in [0.25, 0.3) is 11.4 Å². The Morgan fingerprint density at radius 2 is 2.27 bits per heavy atom. The van der Waals surface area contributed by atoms with E-state index < -0.39 is 5.82 Å². The van der Waals surface area contributed by atoms with E-state index in [0.717, 1.165) is 0 Å². The van der Waals surface area contributed by atoms with Crippen LogP contribution >= 0.6 is 23.8 Å². The molecule has 0 saturated carbocycles. The summed E-state index contributed by atoms with van der Waals surface area (Å²) in [5.74, 6) is 0.124. The molecule has 0 saturated heterocycles. The predicted molar refractivity (Wildman–Crippen MR) is 58.8 cm³/mol. The minimum Gasteiger partial charge on any atom is -0.279 e. The van der Waals surface area contributed by atoms with Gasteiger partial charge in [0.2, 0.25) is 4.77 Å². The molecular weight excluding hydrogens is 237 g/mol. The van der Waals surface area contributed by atoms with Crippen molar-refractivity contribution in [3.05, 3.63) is 33.8 Å². The number of halogens is 2. The Hall–Kier alpha value is -1.20. The van der Waals surface area contributed by atoms with Gasteiger partial charge in [-0.05, 0) is 30.4 Å². The van der Waals surface area contributed by atoms with E-state index in [1.807, 2.05) is 0 Å². The average Bonchev–Trinajstić information content (AvgIpc) is 2.52. The minimum absolute atomic E-state index is 0.0671. The van der Waals surface area contributed by atoms with Gasteiger partial charge in [-0.25, -0.2) is 4.39 Å². The minimum atomic E-state index is -0.449. The molecule has 3 nitrogen and oxygen atoms in total. The molecule has 15 heavy (non-hydrogen) atoms. The van der Waals surface area contributed by atoms with Crippen molar-refractivity contribution >= 4 is 23.8 Å². The standard InChI is InChI=1S/C9H7ClFN3S/c1-14-9(15)12-8(13-14)5-2-3-7(11)6(10)4-5/h2-4H,1H3,(H,12,13,15). The fourth-order valence-corrected chi connectivity index (χ4v) is 1.49. The molecule has 6 heteroatoms. The molecule has 0 aliphatic carbocycles. The number of H-pyrrole nitrogens is 1. The van der Waals surface area contributed by atoms with Crippen LogP contribution in [0.15, 0.2) is 18.2 Å². The number of hydrogen-bond donors (Lipinski definition) is 1. The molecule has 0 aliphatic heterocycles. The largest absolute Gasteiger partial charge is 0.279 e. The van der Waals surface area contributed by atoms with Crippen LogP contribution in [0.2, 0.25) is 5.02 Å². The molecule has 0 spiro atoms. The lowest BCUT2D eigenvalue weighted by molar-refractivity contribution is 0.628. The number of hydrogen-bond acceptors (Lipinski definition) is 2. The third kappa shape index (κ3) is 1.93. The van der Waals surface area contributed by atoms with Crippen LogP contribution < -0.4 is 0 Å². The Balaban J connectivity index is 2.54. The summed E-state index contributed by atoms with van der Waals surface area (Å²) in [4.78, 5) is 4.09. The summed E-state index contributed by atoms with van der Waals surface area (Å²) in [5, 5.41) is 2.99. The second-order valence-corrected chi connectivity index (χ2v) is 3.82. The first-order chi connectivity index (χ1) is 7.08. The molecule has 1 N–H and O–H groups in total. The summed E-state index contributed by atoms with van der Waals surface area (Å²) in [6, 6.07) is 4.39. The molecular formula is C9H7ClFN3S. The number of nitrogens with one attached hydrogen (secondary N) is 1. The zero-order valence-electron chi connectivity index (χ0n) is 7.79. The van der Waals surface area contributed by atoms with E-state index >= 15 is 0 Å². The van der Waals surface area contributed by atoms with E-state index in [2.05, 4.69) is 10.1 Å². The van der Waals surface area contributed by atoms with Gasteiger partial charge in [0.1, 0.15) is 5.82 Å². The molecule has 0 aliphatic rings. The lowest BCUT2D eigenvalue weighted by atomic mass is 10.2. The van der Waals surface area contributed by atoms with Gasteiger partial charge in [-0.2, -0.15) is 4.98 Å². The molecule has 0 amide bonds. The first-order valence-corrected chi connectivity index (χ1v) is 4.95. The van der Waals surface area contributed by atoms with E-state index in [1.54, 1.807) is 17.8 Å². The summed E-state index contributed by atoms with van der Waals surface area (Å²) in [6.45, 7) is 0. The van der Waals surface area contributed by atoms with Gasteiger partial charge >= 0.3 is 0 Å². The molecule has 0 bridgehead atoms. The lowest BCUT2D eigenvalue weighted by Gasteiger charge is -1.98. The number of rotatable bonds is 1. The Kier molecular flexibility index (Phi) is 2.58. The van der Waals surface area contributed by atoms with Crippen molar-refractivity contribution < 1.29 is 4.39 Å². The fourth-order valence-electron chi connectivity index (χ4n) is 1.17.